The molecule has 0 aliphatic carbocycles. The summed E-state index contributed by atoms with van der Waals surface area (Å²) in [5.41, 5.74) is 9.05. The summed E-state index contributed by atoms with van der Waals surface area (Å²) in [6.07, 6.45) is 8.31. The predicted molar refractivity (Wildman–Crippen MR) is 90.3 cm³/mol. The topological polar surface area (TPSA) is 48.2 Å². The van der Waals surface area contributed by atoms with E-state index >= 15 is 0 Å². The molecular weight excluding hydrogens is 300 g/mol. The first-order valence-corrected chi connectivity index (χ1v) is 8.68. The lowest BCUT2D eigenvalue weighted by Crippen LogP contribution is -1.99. The number of thioether (sulfide) groups is 1. The Balaban J connectivity index is 1.79. The highest BCUT2D eigenvalue weighted by atomic mass is 32.2. The first-order valence-electron chi connectivity index (χ1n) is 6.58. The number of nitrogen functional groups attached to an aromatic ring is 1. The van der Waals surface area contributed by atoms with Crippen LogP contribution in [0.4, 0.5) is 5.69 Å². The van der Waals surface area contributed by atoms with E-state index in [1.807, 2.05) is 23.7 Å². The summed E-state index contributed by atoms with van der Waals surface area (Å²) < 4.78 is 4.27. The lowest BCUT2D eigenvalue weighted by molar-refractivity contribution is 0.815. The van der Waals surface area contributed by atoms with Crippen LogP contribution < -0.4 is 5.73 Å². The van der Waals surface area contributed by atoms with Gasteiger partial charge in [0.05, 0.1) is 17.8 Å². The van der Waals surface area contributed by atoms with Crippen molar-refractivity contribution in [2.75, 3.05) is 12.0 Å². The third-order valence-electron chi connectivity index (χ3n) is 3.57. The van der Waals surface area contributed by atoms with Crippen molar-refractivity contribution in [1.29, 1.82) is 0 Å². The Morgan fingerprint density at radius 3 is 3.05 bits per heavy atom. The van der Waals surface area contributed by atoms with Gasteiger partial charge in [0.2, 0.25) is 0 Å². The smallest absolute Gasteiger partial charge is 0.193 e. The fourth-order valence-corrected chi connectivity index (χ4v) is 3.98. The Bertz CT molecular complexity index is 903. The minimum atomic E-state index is 0.759. The van der Waals surface area contributed by atoms with Crippen LogP contribution in [0.3, 0.4) is 0 Å². The molecule has 1 aromatic carbocycles. The Morgan fingerprint density at radius 1 is 1.33 bits per heavy atom. The van der Waals surface area contributed by atoms with Crippen LogP contribution in [0.25, 0.3) is 15.9 Å². The minimum absolute atomic E-state index is 0.759. The zero-order chi connectivity index (χ0) is 14.4. The standard InChI is InChI=1S/C15H14N4S2/c1-20-14-7-10(16)6-13-12(14)2-3-18(13)8-11-9-19-4-5-21-15(19)17-11/h2-7,9H,8,16H2,1H3. The molecule has 2 N–H and O–H groups in total. The van der Waals surface area contributed by atoms with Crippen molar-refractivity contribution in [3.63, 3.8) is 0 Å². The van der Waals surface area contributed by atoms with Crippen molar-refractivity contribution in [3.8, 4) is 0 Å². The van der Waals surface area contributed by atoms with Crippen LogP contribution in [0.2, 0.25) is 0 Å². The molecule has 0 atom stereocenters. The number of fused-ring (bicyclic) bond motifs is 2. The fourth-order valence-electron chi connectivity index (χ4n) is 2.62. The molecule has 4 nitrogen and oxygen atoms in total. The molecule has 0 unspecified atom stereocenters. The van der Waals surface area contributed by atoms with E-state index in [0.717, 1.165) is 28.4 Å². The maximum atomic E-state index is 6.02. The van der Waals surface area contributed by atoms with Gasteiger partial charge in [-0.25, -0.2) is 4.98 Å². The largest absolute Gasteiger partial charge is 0.399 e. The number of rotatable bonds is 3. The zero-order valence-corrected chi connectivity index (χ0v) is 13.1. The maximum Gasteiger partial charge on any atom is 0.193 e. The summed E-state index contributed by atoms with van der Waals surface area (Å²) in [7, 11) is 0. The molecule has 0 spiro atoms. The average molecular weight is 314 g/mol. The Labute approximate surface area is 130 Å². The maximum absolute atomic E-state index is 6.02. The summed E-state index contributed by atoms with van der Waals surface area (Å²) in [5.74, 6) is 0. The van der Waals surface area contributed by atoms with Crippen LogP contribution in [0.15, 0.2) is 47.1 Å². The second-order valence-corrected chi connectivity index (χ2v) is 6.65. The lowest BCUT2D eigenvalue weighted by Gasteiger charge is -2.06. The normalized spacial score (nSPS) is 11.7. The van der Waals surface area contributed by atoms with Crippen molar-refractivity contribution < 1.29 is 0 Å². The van der Waals surface area contributed by atoms with Gasteiger partial charge in [-0.15, -0.1) is 23.1 Å². The van der Waals surface area contributed by atoms with E-state index in [0.29, 0.717) is 0 Å². The van der Waals surface area contributed by atoms with Gasteiger partial charge in [-0.2, -0.15) is 0 Å². The van der Waals surface area contributed by atoms with Gasteiger partial charge in [0.25, 0.3) is 0 Å². The summed E-state index contributed by atoms with van der Waals surface area (Å²) in [6.45, 7) is 0.759. The molecular formula is C15H14N4S2. The number of nitrogens with zero attached hydrogens (tertiary/aromatic N) is 3. The van der Waals surface area contributed by atoms with Gasteiger partial charge in [-0.05, 0) is 24.5 Å². The molecule has 4 rings (SSSR count). The van der Waals surface area contributed by atoms with Gasteiger partial charge >= 0.3 is 0 Å². The van der Waals surface area contributed by atoms with Gasteiger partial charge in [0.1, 0.15) is 0 Å². The molecule has 4 aromatic rings. The van der Waals surface area contributed by atoms with E-state index < -0.39 is 0 Å². The second-order valence-electron chi connectivity index (χ2n) is 4.92. The molecule has 0 aliphatic heterocycles. The van der Waals surface area contributed by atoms with Gasteiger partial charge in [-0.1, -0.05) is 0 Å². The quantitative estimate of drug-likeness (QED) is 0.463. The van der Waals surface area contributed by atoms with Crippen LogP contribution in [-0.4, -0.2) is 20.2 Å². The molecule has 0 amide bonds. The molecule has 0 fully saturated rings. The molecule has 0 aliphatic rings. The molecule has 0 bridgehead atoms. The third kappa shape index (κ3) is 2.11. The zero-order valence-electron chi connectivity index (χ0n) is 11.5. The van der Waals surface area contributed by atoms with E-state index in [1.54, 1.807) is 23.1 Å². The Kier molecular flexibility index (Phi) is 2.94. The minimum Gasteiger partial charge on any atom is -0.399 e. The molecule has 106 valence electrons. The number of aromatic nitrogens is 3. The molecule has 21 heavy (non-hydrogen) atoms. The monoisotopic (exact) mass is 314 g/mol. The summed E-state index contributed by atoms with van der Waals surface area (Å²) >= 11 is 3.38. The third-order valence-corrected chi connectivity index (χ3v) is 5.12. The Hall–Kier alpha value is -1.92. The summed E-state index contributed by atoms with van der Waals surface area (Å²) in [5, 5.41) is 3.29. The summed E-state index contributed by atoms with van der Waals surface area (Å²) in [6, 6.07) is 6.22. The first-order chi connectivity index (χ1) is 10.2. The Morgan fingerprint density at radius 2 is 2.24 bits per heavy atom. The van der Waals surface area contributed by atoms with E-state index in [1.165, 1.54) is 10.3 Å². The molecule has 0 radical (unpaired) electrons. The average Bonchev–Trinajstić information content (AvgIpc) is 3.13. The molecule has 0 saturated carbocycles. The first kappa shape index (κ1) is 12.8. The number of benzene rings is 1. The van der Waals surface area contributed by atoms with Crippen molar-refractivity contribution >= 4 is 44.6 Å². The van der Waals surface area contributed by atoms with Crippen molar-refractivity contribution in [2.45, 2.75) is 11.4 Å². The van der Waals surface area contributed by atoms with Crippen molar-refractivity contribution in [2.24, 2.45) is 0 Å². The highest BCUT2D eigenvalue weighted by Crippen LogP contribution is 2.30. The number of hydrogen-bond donors (Lipinski definition) is 1. The van der Waals surface area contributed by atoms with Gasteiger partial charge < -0.3 is 10.3 Å². The van der Waals surface area contributed by atoms with Crippen LogP contribution in [0, 0.1) is 0 Å². The van der Waals surface area contributed by atoms with E-state index in [9.17, 15) is 0 Å². The molecule has 3 heterocycles. The number of hydrogen-bond acceptors (Lipinski definition) is 4. The highest BCUT2D eigenvalue weighted by Gasteiger charge is 2.09. The van der Waals surface area contributed by atoms with Gasteiger partial charge in [0.15, 0.2) is 4.96 Å². The SMILES string of the molecule is CSc1cc(N)cc2c1ccn2Cc1cn2ccsc2n1. The van der Waals surface area contributed by atoms with Crippen LogP contribution in [-0.2, 0) is 6.54 Å². The van der Waals surface area contributed by atoms with Crippen LogP contribution >= 0.6 is 23.1 Å². The predicted octanol–water partition coefficient (Wildman–Crippen LogP) is 3.70. The number of thiazole rings is 1. The van der Waals surface area contributed by atoms with Crippen LogP contribution in [0.1, 0.15) is 5.69 Å². The second kappa shape index (κ2) is 4.82. The van der Waals surface area contributed by atoms with E-state index in [-0.39, 0.29) is 0 Å². The lowest BCUT2D eigenvalue weighted by atomic mass is 10.2. The number of nitrogens with two attached hydrogens (primary N) is 1. The summed E-state index contributed by atoms with van der Waals surface area (Å²) in [4.78, 5) is 6.89. The molecule has 0 saturated heterocycles. The van der Waals surface area contributed by atoms with E-state index in [4.69, 9.17) is 5.73 Å². The van der Waals surface area contributed by atoms with Crippen molar-refractivity contribution in [1.82, 2.24) is 14.0 Å². The van der Waals surface area contributed by atoms with Crippen LogP contribution in [0.5, 0.6) is 0 Å². The molecule has 6 heteroatoms. The van der Waals surface area contributed by atoms with Crippen molar-refractivity contribution in [3.05, 3.63) is 47.9 Å². The van der Waals surface area contributed by atoms with Gasteiger partial charge in [-0.3, -0.25) is 4.40 Å². The fraction of sp³-hybridized carbons (Fsp3) is 0.133. The van der Waals surface area contributed by atoms with E-state index in [2.05, 4.69) is 38.7 Å². The number of anilines is 1. The number of imidazole rings is 1. The highest BCUT2D eigenvalue weighted by molar-refractivity contribution is 7.98. The molecule has 3 aromatic heterocycles. The van der Waals surface area contributed by atoms with Gasteiger partial charge in [0, 0.05) is 39.9 Å².